The van der Waals surface area contributed by atoms with E-state index in [0.29, 0.717) is 24.5 Å². The molecule has 2 fully saturated rings. The molecular formula is C26H34O11. The zero-order chi connectivity index (χ0) is 26.7. The highest BCUT2D eigenvalue weighted by molar-refractivity contribution is 5.44. The Morgan fingerprint density at radius 2 is 1.62 bits per heavy atom. The Labute approximate surface area is 214 Å². The summed E-state index contributed by atoms with van der Waals surface area (Å²) in [6.07, 6.45) is -6.86. The Bertz CT molecular complexity index is 1050. The molecule has 2 saturated heterocycles. The van der Waals surface area contributed by atoms with E-state index in [4.69, 9.17) is 23.7 Å². The van der Waals surface area contributed by atoms with Crippen molar-refractivity contribution in [2.45, 2.75) is 43.2 Å². The highest BCUT2D eigenvalue weighted by Crippen LogP contribution is 2.43. The van der Waals surface area contributed by atoms with Gasteiger partial charge < -0.3 is 54.3 Å². The summed E-state index contributed by atoms with van der Waals surface area (Å²) in [6.45, 7) is -0.249. The fourth-order valence-electron chi connectivity index (χ4n) is 4.92. The molecule has 0 saturated carbocycles. The van der Waals surface area contributed by atoms with E-state index < -0.39 is 43.4 Å². The summed E-state index contributed by atoms with van der Waals surface area (Å²) in [5.41, 5.74) is 1.70. The quantitative estimate of drug-likeness (QED) is 0.265. The lowest BCUT2D eigenvalue weighted by Gasteiger charge is -2.39. The zero-order valence-electron chi connectivity index (χ0n) is 20.6. The van der Waals surface area contributed by atoms with Crippen LogP contribution in [0.25, 0.3) is 0 Å². The Hall–Kier alpha value is -2.64. The molecule has 2 aromatic carbocycles. The second-order valence-electron chi connectivity index (χ2n) is 9.30. The summed E-state index contributed by atoms with van der Waals surface area (Å²) in [5.74, 6) is 0.766. The maximum atomic E-state index is 10.3. The molecule has 0 spiro atoms. The van der Waals surface area contributed by atoms with Crippen LogP contribution >= 0.6 is 0 Å². The van der Waals surface area contributed by atoms with Gasteiger partial charge in [0.2, 0.25) is 6.29 Å². The molecular weight excluding hydrogens is 488 g/mol. The molecule has 2 aromatic rings. The van der Waals surface area contributed by atoms with Crippen molar-refractivity contribution in [3.8, 4) is 23.0 Å². The van der Waals surface area contributed by atoms with Gasteiger partial charge in [-0.2, -0.15) is 0 Å². The summed E-state index contributed by atoms with van der Waals surface area (Å²) in [6, 6.07) is 10.2. The van der Waals surface area contributed by atoms with Crippen molar-refractivity contribution in [2.75, 3.05) is 34.0 Å². The highest BCUT2D eigenvalue weighted by Gasteiger charge is 2.45. The lowest BCUT2D eigenvalue weighted by Crippen LogP contribution is -2.60. The van der Waals surface area contributed by atoms with Gasteiger partial charge >= 0.3 is 0 Å². The molecule has 6 N–H and O–H groups in total. The van der Waals surface area contributed by atoms with Crippen LogP contribution in [-0.4, -0.2) is 95.4 Å². The van der Waals surface area contributed by atoms with Crippen LogP contribution in [0.2, 0.25) is 0 Å². The SMILES string of the molecule is COc1cc(C[C@@H]2CO[C@H](c3ccc(O[C@H]4O[C@@H](CO)[C@@H](O)[C@@H](O)[C@H]4O)c(OC)c3)[C@@H]2CO)ccc1O. The normalized spacial score (nSPS) is 31.8. The number of aliphatic hydroxyl groups is 5. The zero-order valence-corrected chi connectivity index (χ0v) is 20.6. The third-order valence-corrected chi connectivity index (χ3v) is 7.04. The van der Waals surface area contributed by atoms with Crippen molar-refractivity contribution in [3.63, 3.8) is 0 Å². The maximum Gasteiger partial charge on any atom is 0.229 e. The van der Waals surface area contributed by atoms with Gasteiger partial charge in [0.25, 0.3) is 0 Å². The fraction of sp³-hybridized carbons (Fsp3) is 0.538. The maximum absolute atomic E-state index is 10.3. The molecule has 11 heteroatoms. The minimum atomic E-state index is -1.57. The third-order valence-electron chi connectivity index (χ3n) is 7.04. The number of hydrogen-bond donors (Lipinski definition) is 6. The van der Waals surface area contributed by atoms with Crippen LogP contribution < -0.4 is 14.2 Å². The highest BCUT2D eigenvalue weighted by atomic mass is 16.7. The van der Waals surface area contributed by atoms with Gasteiger partial charge in [-0.3, -0.25) is 0 Å². The van der Waals surface area contributed by atoms with E-state index in [1.54, 1.807) is 30.3 Å². The number of aromatic hydroxyl groups is 1. The summed E-state index contributed by atoms with van der Waals surface area (Å²) >= 11 is 0. The first-order valence-corrected chi connectivity index (χ1v) is 12.0. The smallest absolute Gasteiger partial charge is 0.229 e. The van der Waals surface area contributed by atoms with Crippen molar-refractivity contribution < 1.29 is 54.3 Å². The van der Waals surface area contributed by atoms with E-state index in [1.165, 1.54) is 14.2 Å². The number of hydrogen-bond acceptors (Lipinski definition) is 11. The van der Waals surface area contributed by atoms with Gasteiger partial charge in [0.05, 0.1) is 33.5 Å². The van der Waals surface area contributed by atoms with Crippen LogP contribution in [0, 0.1) is 11.8 Å². The molecule has 2 heterocycles. The Morgan fingerprint density at radius 1 is 0.865 bits per heavy atom. The molecule has 204 valence electrons. The van der Waals surface area contributed by atoms with Crippen LogP contribution in [0.5, 0.6) is 23.0 Å². The first-order chi connectivity index (χ1) is 17.8. The van der Waals surface area contributed by atoms with Crippen LogP contribution in [0.15, 0.2) is 36.4 Å². The molecule has 2 aliphatic heterocycles. The third kappa shape index (κ3) is 5.63. The van der Waals surface area contributed by atoms with Crippen LogP contribution in [-0.2, 0) is 15.9 Å². The fourth-order valence-corrected chi connectivity index (χ4v) is 4.92. The largest absolute Gasteiger partial charge is 0.504 e. The summed E-state index contributed by atoms with van der Waals surface area (Å²) in [5, 5.41) is 59.7. The first-order valence-electron chi connectivity index (χ1n) is 12.0. The topological polar surface area (TPSA) is 168 Å². The summed E-state index contributed by atoms with van der Waals surface area (Å²) < 4.78 is 27.9. The van der Waals surface area contributed by atoms with Crippen molar-refractivity contribution >= 4 is 0 Å². The molecule has 0 amide bonds. The monoisotopic (exact) mass is 522 g/mol. The van der Waals surface area contributed by atoms with Gasteiger partial charge in [-0.15, -0.1) is 0 Å². The van der Waals surface area contributed by atoms with E-state index in [2.05, 4.69) is 0 Å². The van der Waals surface area contributed by atoms with Gasteiger partial charge in [0.1, 0.15) is 24.4 Å². The molecule has 4 rings (SSSR count). The number of aliphatic hydroxyl groups excluding tert-OH is 5. The lowest BCUT2D eigenvalue weighted by molar-refractivity contribution is -0.277. The van der Waals surface area contributed by atoms with Crippen molar-refractivity contribution in [1.29, 1.82) is 0 Å². The molecule has 11 nitrogen and oxygen atoms in total. The number of benzene rings is 2. The number of methoxy groups -OCH3 is 2. The van der Waals surface area contributed by atoms with E-state index in [0.717, 1.165) is 11.1 Å². The van der Waals surface area contributed by atoms with Crippen LogP contribution in [0.3, 0.4) is 0 Å². The lowest BCUT2D eigenvalue weighted by atomic mass is 9.84. The van der Waals surface area contributed by atoms with E-state index in [9.17, 15) is 30.6 Å². The second kappa shape index (κ2) is 11.8. The molecule has 0 radical (unpaired) electrons. The molecule has 0 aliphatic carbocycles. The molecule has 8 atom stereocenters. The number of phenols is 1. The number of phenolic OH excluding ortho intramolecular Hbond substituents is 1. The molecule has 0 unspecified atom stereocenters. The van der Waals surface area contributed by atoms with Gasteiger partial charge in [-0.25, -0.2) is 0 Å². The Kier molecular flexibility index (Phi) is 8.75. The van der Waals surface area contributed by atoms with Gasteiger partial charge in [0, 0.05) is 12.5 Å². The van der Waals surface area contributed by atoms with Crippen molar-refractivity contribution in [2.24, 2.45) is 11.8 Å². The van der Waals surface area contributed by atoms with E-state index in [1.807, 2.05) is 6.07 Å². The van der Waals surface area contributed by atoms with Gasteiger partial charge in [0.15, 0.2) is 23.0 Å². The standard InChI is InChI=1S/C26H34O11/c1-33-19-8-13(3-5-17(19)29)7-15-12-35-25(16(15)10-27)14-4-6-18(20(9-14)34-2)36-26-24(32)23(31)22(30)21(11-28)37-26/h3-6,8-9,15-16,21-32H,7,10-12H2,1-2H3/t15-,16-,21+,22-,23-,24-,25-,26+/m1/s1. The van der Waals surface area contributed by atoms with Crippen LogP contribution in [0.4, 0.5) is 0 Å². The minimum absolute atomic E-state index is 0.0142. The van der Waals surface area contributed by atoms with Gasteiger partial charge in [-0.1, -0.05) is 12.1 Å². The predicted molar refractivity (Wildman–Crippen MR) is 129 cm³/mol. The Balaban J connectivity index is 1.49. The average molecular weight is 523 g/mol. The minimum Gasteiger partial charge on any atom is -0.504 e. The summed E-state index contributed by atoms with van der Waals surface area (Å²) in [4.78, 5) is 0. The number of rotatable bonds is 9. The van der Waals surface area contributed by atoms with Crippen molar-refractivity contribution in [3.05, 3.63) is 47.5 Å². The second-order valence-corrected chi connectivity index (χ2v) is 9.30. The van der Waals surface area contributed by atoms with E-state index >= 15 is 0 Å². The van der Waals surface area contributed by atoms with Crippen LogP contribution in [0.1, 0.15) is 17.2 Å². The molecule has 2 aliphatic rings. The van der Waals surface area contributed by atoms with E-state index in [-0.39, 0.29) is 29.9 Å². The summed E-state index contributed by atoms with van der Waals surface area (Å²) in [7, 11) is 2.93. The van der Waals surface area contributed by atoms with Gasteiger partial charge in [-0.05, 0) is 47.7 Å². The Morgan fingerprint density at radius 3 is 2.30 bits per heavy atom. The molecule has 0 bridgehead atoms. The predicted octanol–water partition coefficient (Wildman–Crippen LogP) is 0.127. The van der Waals surface area contributed by atoms with Crippen molar-refractivity contribution in [1.82, 2.24) is 0 Å². The molecule has 37 heavy (non-hydrogen) atoms. The number of ether oxygens (including phenoxy) is 5. The first kappa shape index (κ1) is 27.4. The average Bonchev–Trinajstić information content (AvgIpc) is 3.32. The molecule has 0 aromatic heterocycles.